The minimum absolute atomic E-state index is 0.0904. The molecule has 0 bridgehead atoms. The summed E-state index contributed by atoms with van der Waals surface area (Å²) in [6.45, 7) is 8.28. The zero-order valence-corrected chi connectivity index (χ0v) is 11.0. The summed E-state index contributed by atoms with van der Waals surface area (Å²) in [7, 11) is 0. The van der Waals surface area contributed by atoms with Crippen LogP contribution in [0.5, 0.6) is 11.5 Å². The third kappa shape index (κ3) is 2.42. The number of aromatic hydroxyl groups is 2. The first-order valence-electron chi connectivity index (χ1n) is 6.38. The van der Waals surface area contributed by atoms with Gasteiger partial charge in [-0.1, -0.05) is 25.2 Å². The predicted molar refractivity (Wildman–Crippen MR) is 74.5 cm³/mol. The minimum atomic E-state index is 0.0904. The quantitative estimate of drug-likeness (QED) is 0.769. The maximum Gasteiger partial charge on any atom is 0.126 e. The maximum absolute atomic E-state index is 10.00. The molecule has 0 saturated carbocycles. The van der Waals surface area contributed by atoms with Crippen molar-refractivity contribution in [3.63, 3.8) is 0 Å². The Bertz CT molecular complexity index is 500. The molecule has 0 amide bonds. The first-order chi connectivity index (χ1) is 8.49. The molecule has 2 atom stereocenters. The molecule has 0 aromatic heterocycles. The number of allylic oxidation sites excluding steroid dienone is 3. The first kappa shape index (κ1) is 12.7. The zero-order chi connectivity index (χ0) is 13.3. The van der Waals surface area contributed by atoms with E-state index in [0.29, 0.717) is 11.8 Å². The summed E-state index contributed by atoms with van der Waals surface area (Å²) >= 11 is 0. The van der Waals surface area contributed by atoms with Crippen LogP contribution in [-0.2, 0) is 0 Å². The summed E-state index contributed by atoms with van der Waals surface area (Å²) in [6.07, 6.45) is 4.44. The molecule has 0 spiro atoms. The SMILES string of the molecule is C=C(C)[C@@H]1CCC(C)C=C1c1ccc(O)cc1O. The molecule has 96 valence electrons. The van der Waals surface area contributed by atoms with Crippen LogP contribution in [0.25, 0.3) is 5.57 Å². The molecule has 1 unspecified atom stereocenters. The molecule has 0 saturated heterocycles. The van der Waals surface area contributed by atoms with Gasteiger partial charge in [0.1, 0.15) is 11.5 Å². The molecule has 1 aromatic carbocycles. The minimum Gasteiger partial charge on any atom is -0.508 e. The van der Waals surface area contributed by atoms with Gasteiger partial charge >= 0.3 is 0 Å². The van der Waals surface area contributed by atoms with Gasteiger partial charge in [-0.3, -0.25) is 0 Å². The van der Waals surface area contributed by atoms with Gasteiger partial charge in [0.15, 0.2) is 0 Å². The van der Waals surface area contributed by atoms with Crippen molar-refractivity contribution in [2.75, 3.05) is 0 Å². The van der Waals surface area contributed by atoms with E-state index in [1.165, 1.54) is 6.07 Å². The lowest BCUT2D eigenvalue weighted by Gasteiger charge is -2.28. The molecule has 18 heavy (non-hydrogen) atoms. The van der Waals surface area contributed by atoms with E-state index in [2.05, 4.69) is 19.6 Å². The van der Waals surface area contributed by atoms with E-state index in [-0.39, 0.29) is 11.5 Å². The highest BCUT2D eigenvalue weighted by Crippen LogP contribution is 2.42. The standard InChI is InChI=1S/C16H20O2/c1-10(2)13-6-4-11(3)8-15(13)14-7-5-12(17)9-16(14)18/h5,7-9,11,13,17-18H,1,4,6H2,2-3H3/t11?,13-/m0/s1. The topological polar surface area (TPSA) is 40.5 Å². The Labute approximate surface area is 108 Å². The Morgan fingerprint density at radius 1 is 1.28 bits per heavy atom. The van der Waals surface area contributed by atoms with Crippen LogP contribution in [0.2, 0.25) is 0 Å². The van der Waals surface area contributed by atoms with Crippen molar-refractivity contribution in [3.05, 3.63) is 42.0 Å². The van der Waals surface area contributed by atoms with E-state index in [0.717, 1.165) is 29.6 Å². The third-order valence-electron chi connectivity index (χ3n) is 3.64. The van der Waals surface area contributed by atoms with Crippen molar-refractivity contribution >= 4 is 5.57 Å². The lowest BCUT2D eigenvalue weighted by molar-refractivity contribution is 0.448. The van der Waals surface area contributed by atoms with Gasteiger partial charge in [0.05, 0.1) is 0 Å². The molecule has 1 aromatic rings. The number of benzene rings is 1. The Hall–Kier alpha value is -1.70. The molecule has 0 heterocycles. The van der Waals surface area contributed by atoms with Crippen molar-refractivity contribution in [1.82, 2.24) is 0 Å². The van der Waals surface area contributed by atoms with Crippen LogP contribution >= 0.6 is 0 Å². The molecule has 2 rings (SSSR count). The number of phenolic OH excluding ortho intramolecular Hbond substituents is 2. The molecule has 0 fully saturated rings. The van der Waals surface area contributed by atoms with Gasteiger partial charge in [-0.05, 0) is 43.4 Å². The van der Waals surface area contributed by atoms with Crippen molar-refractivity contribution in [3.8, 4) is 11.5 Å². The Kier molecular flexibility index (Phi) is 3.46. The van der Waals surface area contributed by atoms with Crippen LogP contribution < -0.4 is 0 Å². The molecule has 2 N–H and O–H groups in total. The second-order valence-corrected chi connectivity index (χ2v) is 5.28. The molecular formula is C16H20O2. The summed E-state index contributed by atoms with van der Waals surface area (Å²) < 4.78 is 0. The fraction of sp³-hybridized carbons (Fsp3) is 0.375. The molecule has 1 aliphatic carbocycles. The van der Waals surface area contributed by atoms with Gasteiger partial charge in [0.2, 0.25) is 0 Å². The summed E-state index contributed by atoms with van der Waals surface area (Å²) in [5, 5.41) is 19.4. The van der Waals surface area contributed by atoms with Crippen LogP contribution in [-0.4, -0.2) is 10.2 Å². The smallest absolute Gasteiger partial charge is 0.126 e. The zero-order valence-electron chi connectivity index (χ0n) is 11.0. The third-order valence-corrected chi connectivity index (χ3v) is 3.64. The fourth-order valence-electron chi connectivity index (χ4n) is 2.64. The van der Waals surface area contributed by atoms with E-state index >= 15 is 0 Å². The van der Waals surface area contributed by atoms with E-state index < -0.39 is 0 Å². The van der Waals surface area contributed by atoms with Gasteiger partial charge in [-0.2, -0.15) is 0 Å². The van der Waals surface area contributed by atoms with Crippen molar-refractivity contribution in [2.45, 2.75) is 26.7 Å². The van der Waals surface area contributed by atoms with Crippen LogP contribution in [0.1, 0.15) is 32.3 Å². The highest BCUT2D eigenvalue weighted by atomic mass is 16.3. The van der Waals surface area contributed by atoms with Crippen LogP contribution in [0.15, 0.2) is 36.4 Å². The van der Waals surface area contributed by atoms with Gasteiger partial charge in [-0.25, -0.2) is 0 Å². The van der Waals surface area contributed by atoms with Crippen LogP contribution in [0.3, 0.4) is 0 Å². The van der Waals surface area contributed by atoms with E-state index in [4.69, 9.17) is 0 Å². The van der Waals surface area contributed by atoms with Gasteiger partial charge in [-0.15, -0.1) is 0 Å². The number of rotatable bonds is 2. The van der Waals surface area contributed by atoms with E-state index in [9.17, 15) is 10.2 Å². The monoisotopic (exact) mass is 244 g/mol. The normalized spacial score (nSPS) is 23.6. The average molecular weight is 244 g/mol. The second-order valence-electron chi connectivity index (χ2n) is 5.28. The van der Waals surface area contributed by atoms with Gasteiger partial charge in [0, 0.05) is 17.5 Å². The molecule has 0 radical (unpaired) electrons. The van der Waals surface area contributed by atoms with E-state index in [1.807, 2.05) is 6.92 Å². The van der Waals surface area contributed by atoms with Crippen LogP contribution in [0, 0.1) is 11.8 Å². The number of hydrogen-bond acceptors (Lipinski definition) is 2. The van der Waals surface area contributed by atoms with Crippen molar-refractivity contribution in [1.29, 1.82) is 0 Å². The predicted octanol–water partition coefficient (Wildman–Crippen LogP) is 4.10. The first-order valence-corrected chi connectivity index (χ1v) is 6.38. The Balaban J connectivity index is 2.47. The Morgan fingerprint density at radius 2 is 2.00 bits per heavy atom. The maximum atomic E-state index is 10.00. The van der Waals surface area contributed by atoms with Crippen molar-refractivity contribution in [2.24, 2.45) is 11.8 Å². The van der Waals surface area contributed by atoms with Crippen molar-refractivity contribution < 1.29 is 10.2 Å². The fourth-order valence-corrected chi connectivity index (χ4v) is 2.64. The highest BCUT2D eigenvalue weighted by Gasteiger charge is 2.24. The highest BCUT2D eigenvalue weighted by molar-refractivity contribution is 5.75. The largest absolute Gasteiger partial charge is 0.508 e. The molecule has 2 nitrogen and oxygen atoms in total. The average Bonchev–Trinajstić information content (AvgIpc) is 2.28. The molecular weight excluding hydrogens is 224 g/mol. The summed E-state index contributed by atoms with van der Waals surface area (Å²) in [5.74, 6) is 1.05. The number of hydrogen-bond donors (Lipinski definition) is 2. The van der Waals surface area contributed by atoms with E-state index in [1.54, 1.807) is 12.1 Å². The molecule has 1 aliphatic rings. The summed E-state index contributed by atoms with van der Waals surface area (Å²) in [5.41, 5.74) is 3.08. The molecule has 2 heteroatoms. The summed E-state index contributed by atoms with van der Waals surface area (Å²) in [4.78, 5) is 0. The summed E-state index contributed by atoms with van der Waals surface area (Å²) in [6, 6.07) is 4.79. The second kappa shape index (κ2) is 4.89. The Morgan fingerprint density at radius 3 is 2.61 bits per heavy atom. The number of phenols is 2. The lowest BCUT2D eigenvalue weighted by atomic mass is 9.77. The van der Waals surface area contributed by atoms with Gasteiger partial charge in [0.25, 0.3) is 0 Å². The van der Waals surface area contributed by atoms with Crippen LogP contribution in [0.4, 0.5) is 0 Å². The molecule has 0 aliphatic heterocycles. The lowest BCUT2D eigenvalue weighted by Crippen LogP contribution is -2.13. The van der Waals surface area contributed by atoms with Gasteiger partial charge < -0.3 is 10.2 Å².